The fraction of sp³-hybridized carbons (Fsp3) is 0.438. The number of amides is 1. The van der Waals surface area contributed by atoms with E-state index in [1.54, 1.807) is 0 Å². The van der Waals surface area contributed by atoms with Crippen molar-refractivity contribution in [1.82, 2.24) is 9.47 Å². The Balaban J connectivity index is 1.82. The minimum absolute atomic E-state index is 0.0676. The molecule has 1 aliphatic carbocycles. The molecule has 1 aromatic rings. The number of fused-ring (bicyclic) bond motifs is 3. The fourth-order valence-electron chi connectivity index (χ4n) is 3.63. The van der Waals surface area contributed by atoms with Crippen molar-refractivity contribution < 1.29 is 19.1 Å². The molecule has 0 aromatic carbocycles. The largest absolute Gasteiger partial charge is 0.445 e. The van der Waals surface area contributed by atoms with Crippen molar-refractivity contribution in [2.45, 2.75) is 39.0 Å². The first-order chi connectivity index (χ1) is 11.0. The number of Topliss-reactive ketones (excluding diaryl/α,β-unsaturated/α-hetero) is 1. The van der Waals surface area contributed by atoms with Crippen molar-refractivity contribution in [2.24, 2.45) is 5.73 Å². The zero-order chi connectivity index (χ0) is 16.3. The quantitative estimate of drug-likeness (QED) is 0.840. The lowest BCUT2D eigenvalue weighted by molar-refractivity contribution is 0.0961. The second kappa shape index (κ2) is 4.71. The molecular weight excluding hydrogens is 298 g/mol. The SMILES string of the molecule is CC1CN1C1=CC(=O)c2c(c(COC(N)=O)c3n2CCC3)C1=O. The van der Waals surface area contributed by atoms with Crippen LogP contribution in [0.15, 0.2) is 11.8 Å². The van der Waals surface area contributed by atoms with Crippen LogP contribution in [0.4, 0.5) is 4.79 Å². The summed E-state index contributed by atoms with van der Waals surface area (Å²) in [5.41, 5.74) is 7.87. The van der Waals surface area contributed by atoms with Gasteiger partial charge in [-0.25, -0.2) is 4.79 Å². The first kappa shape index (κ1) is 14.0. The highest BCUT2D eigenvalue weighted by Gasteiger charge is 2.42. The molecule has 7 nitrogen and oxygen atoms in total. The smallest absolute Gasteiger partial charge is 0.404 e. The summed E-state index contributed by atoms with van der Waals surface area (Å²) < 4.78 is 6.82. The summed E-state index contributed by atoms with van der Waals surface area (Å²) in [6, 6.07) is 0.277. The Bertz CT molecular complexity index is 790. The summed E-state index contributed by atoms with van der Waals surface area (Å²) in [4.78, 5) is 38.4. The molecule has 1 aromatic heterocycles. The molecule has 0 radical (unpaired) electrons. The number of hydrogen-bond donors (Lipinski definition) is 1. The number of nitrogens with two attached hydrogens (primary N) is 1. The predicted molar refractivity (Wildman–Crippen MR) is 80.0 cm³/mol. The third kappa shape index (κ3) is 1.99. The van der Waals surface area contributed by atoms with Gasteiger partial charge in [0.15, 0.2) is 0 Å². The Kier molecular flexibility index (Phi) is 2.88. The van der Waals surface area contributed by atoms with E-state index in [2.05, 4.69) is 0 Å². The van der Waals surface area contributed by atoms with Crippen LogP contribution in [-0.2, 0) is 24.3 Å². The maximum Gasteiger partial charge on any atom is 0.404 e. The van der Waals surface area contributed by atoms with E-state index in [0.717, 1.165) is 25.1 Å². The van der Waals surface area contributed by atoms with Crippen LogP contribution in [0.3, 0.4) is 0 Å². The second-order valence-electron chi connectivity index (χ2n) is 6.24. The van der Waals surface area contributed by atoms with Crippen molar-refractivity contribution in [3.8, 4) is 0 Å². The Morgan fingerprint density at radius 3 is 2.83 bits per heavy atom. The van der Waals surface area contributed by atoms with Crippen LogP contribution in [-0.4, -0.2) is 39.7 Å². The number of primary amides is 1. The zero-order valence-corrected chi connectivity index (χ0v) is 12.8. The van der Waals surface area contributed by atoms with Crippen molar-refractivity contribution in [3.05, 3.63) is 34.3 Å². The highest BCUT2D eigenvalue weighted by molar-refractivity contribution is 6.24. The lowest BCUT2D eigenvalue weighted by atomic mass is 9.94. The van der Waals surface area contributed by atoms with E-state index < -0.39 is 6.09 Å². The normalized spacial score (nSPS) is 21.9. The van der Waals surface area contributed by atoms with Gasteiger partial charge in [-0.1, -0.05) is 0 Å². The second-order valence-corrected chi connectivity index (χ2v) is 6.24. The molecule has 1 unspecified atom stereocenters. The van der Waals surface area contributed by atoms with E-state index in [4.69, 9.17) is 10.5 Å². The summed E-state index contributed by atoms with van der Waals surface area (Å²) in [6.07, 6.45) is 2.23. The number of allylic oxidation sites excluding steroid dienone is 2. The van der Waals surface area contributed by atoms with Gasteiger partial charge in [0.25, 0.3) is 0 Å². The molecule has 3 aliphatic rings. The van der Waals surface area contributed by atoms with Gasteiger partial charge in [-0.2, -0.15) is 0 Å². The Morgan fingerprint density at radius 1 is 1.43 bits per heavy atom. The van der Waals surface area contributed by atoms with Crippen molar-refractivity contribution in [3.63, 3.8) is 0 Å². The molecular formula is C16H17N3O4. The van der Waals surface area contributed by atoms with Crippen molar-refractivity contribution in [1.29, 1.82) is 0 Å². The molecule has 0 bridgehead atoms. The molecule has 7 heteroatoms. The summed E-state index contributed by atoms with van der Waals surface area (Å²) >= 11 is 0. The van der Waals surface area contributed by atoms with Crippen LogP contribution in [0.5, 0.6) is 0 Å². The van der Waals surface area contributed by atoms with Crippen LogP contribution in [0.25, 0.3) is 0 Å². The molecule has 1 atom stereocenters. The lowest BCUT2D eigenvalue weighted by Gasteiger charge is -2.16. The average Bonchev–Trinajstić information content (AvgIpc) is 2.93. The number of carbonyl (C=O) groups excluding carboxylic acids is 3. The third-order valence-corrected chi connectivity index (χ3v) is 4.77. The van der Waals surface area contributed by atoms with E-state index in [-0.39, 0.29) is 24.2 Å². The van der Waals surface area contributed by atoms with Crippen LogP contribution in [0, 0.1) is 0 Å². The number of aromatic nitrogens is 1. The molecule has 120 valence electrons. The van der Waals surface area contributed by atoms with Crippen molar-refractivity contribution >= 4 is 17.7 Å². The predicted octanol–water partition coefficient (Wildman–Crippen LogP) is 0.997. The van der Waals surface area contributed by atoms with Gasteiger partial charge in [0.05, 0.1) is 11.3 Å². The highest BCUT2D eigenvalue weighted by atomic mass is 16.5. The number of ether oxygens (including phenoxy) is 1. The van der Waals surface area contributed by atoms with Gasteiger partial charge in [-0.3, -0.25) is 9.59 Å². The topological polar surface area (TPSA) is 94.4 Å². The number of carbonyl (C=O) groups is 3. The Morgan fingerprint density at radius 2 is 2.17 bits per heavy atom. The van der Waals surface area contributed by atoms with E-state index in [1.165, 1.54) is 6.08 Å². The molecule has 23 heavy (non-hydrogen) atoms. The maximum absolute atomic E-state index is 12.9. The van der Waals surface area contributed by atoms with Crippen LogP contribution in [0.2, 0.25) is 0 Å². The molecule has 4 rings (SSSR count). The summed E-state index contributed by atoms with van der Waals surface area (Å²) in [5.74, 6) is -0.309. The monoisotopic (exact) mass is 315 g/mol. The minimum Gasteiger partial charge on any atom is -0.445 e. The van der Waals surface area contributed by atoms with Gasteiger partial charge >= 0.3 is 6.09 Å². The maximum atomic E-state index is 12.9. The molecule has 2 N–H and O–H groups in total. The van der Waals surface area contributed by atoms with Crippen molar-refractivity contribution in [2.75, 3.05) is 6.54 Å². The molecule has 1 fully saturated rings. The first-order valence-electron chi connectivity index (χ1n) is 7.73. The number of hydrogen-bond acceptors (Lipinski definition) is 5. The molecule has 2 aliphatic heterocycles. The van der Waals surface area contributed by atoms with Crippen LogP contribution >= 0.6 is 0 Å². The van der Waals surface area contributed by atoms with E-state index in [1.807, 2.05) is 16.4 Å². The molecule has 0 saturated carbocycles. The van der Waals surface area contributed by atoms with Crippen LogP contribution < -0.4 is 5.73 Å². The summed E-state index contributed by atoms with van der Waals surface area (Å²) in [6.45, 7) is 3.42. The van der Waals surface area contributed by atoms with Gasteiger partial charge in [0.2, 0.25) is 11.6 Å². The van der Waals surface area contributed by atoms with Gasteiger partial charge in [-0.05, 0) is 19.8 Å². The summed E-state index contributed by atoms with van der Waals surface area (Å²) in [7, 11) is 0. The molecule has 1 saturated heterocycles. The molecule has 1 amide bonds. The molecule has 3 heterocycles. The van der Waals surface area contributed by atoms with Gasteiger partial charge < -0.3 is 19.9 Å². The number of rotatable bonds is 3. The fourth-order valence-corrected chi connectivity index (χ4v) is 3.63. The number of nitrogens with zero attached hydrogens (tertiary/aromatic N) is 2. The van der Waals surface area contributed by atoms with E-state index >= 15 is 0 Å². The van der Waals surface area contributed by atoms with E-state index in [9.17, 15) is 14.4 Å². The van der Waals surface area contributed by atoms with Gasteiger partial charge in [0.1, 0.15) is 12.3 Å². The Hall–Kier alpha value is -2.57. The lowest BCUT2D eigenvalue weighted by Crippen LogP contribution is -2.24. The first-order valence-corrected chi connectivity index (χ1v) is 7.73. The Labute approximate surface area is 132 Å². The standard InChI is InChI=1S/C16H17N3O4/c1-8-6-19(8)11-5-12(20)14-13(15(11)21)9(7-23-16(17)22)10-3-2-4-18(10)14/h5,8H,2-4,6-7H2,1H3,(H2,17,22). The number of ketones is 2. The average molecular weight is 315 g/mol. The summed E-state index contributed by atoms with van der Waals surface area (Å²) in [5, 5.41) is 0. The van der Waals surface area contributed by atoms with Gasteiger partial charge in [0, 0.05) is 36.5 Å². The van der Waals surface area contributed by atoms with E-state index in [0.29, 0.717) is 29.1 Å². The third-order valence-electron chi connectivity index (χ3n) is 4.77. The minimum atomic E-state index is -0.887. The van der Waals surface area contributed by atoms with Gasteiger partial charge in [-0.15, -0.1) is 0 Å². The highest BCUT2D eigenvalue weighted by Crippen LogP contribution is 2.37. The zero-order valence-electron chi connectivity index (χ0n) is 12.8. The molecule has 0 spiro atoms. The van der Waals surface area contributed by atoms with Crippen LogP contribution in [0.1, 0.15) is 45.4 Å².